The minimum Gasteiger partial charge on any atom is -0.294 e. The van der Waals surface area contributed by atoms with Gasteiger partial charge in [0.05, 0.1) is 0 Å². The van der Waals surface area contributed by atoms with E-state index in [9.17, 15) is 13.6 Å². The molecule has 0 radical (unpaired) electrons. The minimum atomic E-state index is -2.70. The van der Waals surface area contributed by atoms with Crippen LogP contribution in [0.4, 0.5) is 8.78 Å². The molecular formula is C12H13BrF2N2O. The predicted octanol–water partition coefficient (Wildman–Crippen LogP) is 2.50. The molecule has 1 aliphatic rings. The molecule has 1 amide bonds. The first kappa shape index (κ1) is 13.4. The van der Waals surface area contributed by atoms with Gasteiger partial charge in [-0.1, -0.05) is 28.1 Å². The van der Waals surface area contributed by atoms with Crippen LogP contribution in [-0.4, -0.2) is 11.8 Å². The van der Waals surface area contributed by atoms with Crippen LogP contribution in [0.15, 0.2) is 28.7 Å². The first-order chi connectivity index (χ1) is 8.37. The zero-order chi connectivity index (χ0) is 13.4. The predicted molar refractivity (Wildman–Crippen MR) is 66.9 cm³/mol. The van der Waals surface area contributed by atoms with Gasteiger partial charge >= 0.3 is 0 Å². The number of rotatable bonds is 3. The third-order valence-corrected chi connectivity index (χ3v) is 3.78. The average Bonchev–Trinajstić information content (AvgIpc) is 2.26. The average molecular weight is 319 g/mol. The number of halogens is 3. The van der Waals surface area contributed by atoms with Gasteiger partial charge in [-0.25, -0.2) is 14.6 Å². The third-order valence-electron chi connectivity index (χ3n) is 3.29. The molecule has 0 aliphatic heterocycles. The number of hydrogen-bond acceptors (Lipinski definition) is 2. The lowest BCUT2D eigenvalue weighted by Gasteiger charge is -2.47. The lowest BCUT2D eigenvalue weighted by Crippen LogP contribution is -2.52. The molecule has 0 aromatic heterocycles. The molecule has 18 heavy (non-hydrogen) atoms. The van der Waals surface area contributed by atoms with Crippen molar-refractivity contribution in [2.45, 2.75) is 30.6 Å². The quantitative estimate of drug-likeness (QED) is 0.511. The van der Waals surface area contributed by atoms with Crippen LogP contribution in [0.5, 0.6) is 0 Å². The van der Waals surface area contributed by atoms with Crippen LogP contribution >= 0.6 is 15.9 Å². The number of hydrazine groups is 1. The highest BCUT2D eigenvalue weighted by Crippen LogP contribution is 2.55. The van der Waals surface area contributed by atoms with E-state index in [4.69, 9.17) is 5.84 Å². The van der Waals surface area contributed by atoms with Crippen LogP contribution in [0.25, 0.3) is 0 Å². The van der Waals surface area contributed by atoms with Crippen LogP contribution in [0.2, 0.25) is 0 Å². The van der Waals surface area contributed by atoms with E-state index in [-0.39, 0.29) is 19.3 Å². The maximum atomic E-state index is 13.2. The summed E-state index contributed by atoms with van der Waals surface area (Å²) in [7, 11) is 0. The standard InChI is InChI=1S/C12H13BrF2N2O/c13-9-3-1-2-8(4-9)11(5-10(18)17-16)6-12(14,15)7-11/h1-4H,5-7,16H2,(H,17,18). The molecule has 1 saturated carbocycles. The van der Waals surface area contributed by atoms with Crippen molar-refractivity contribution >= 4 is 21.8 Å². The lowest BCUT2D eigenvalue weighted by molar-refractivity contribution is -0.142. The number of nitrogens with one attached hydrogen (secondary N) is 1. The van der Waals surface area contributed by atoms with Crippen LogP contribution in [0.3, 0.4) is 0 Å². The summed E-state index contributed by atoms with van der Waals surface area (Å²) in [6, 6.07) is 7.14. The maximum Gasteiger partial charge on any atom is 0.249 e. The Labute approximate surface area is 112 Å². The minimum absolute atomic E-state index is 0.0183. The van der Waals surface area contributed by atoms with E-state index in [1.807, 2.05) is 11.5 Å². The highest BCUT2D eigenvalue weighted by atomic mass is 79.9. The van der Waals surface area contributed by atoms with E-state index >= 15 is 0 Å². The second kappa shape index (κ2) is 4.59. The van der Waals surface area contributed by atoms with Crippen LogP contribution in [0.1, 0.15) is 24.8 Å². The molecule has 1 aromatic rings. The molecule has 6 heteroatoms. The summed E-state index contributed by atoms with van der Waals surface area (Å²) >= 11 is 3.31. The van der Waals surface area contributed by atoms with Crippen molar-refractivity contribution in [2.75, 3.05) is 0 Å². The molecule has 0 bridgehead atoms. The SMILES string of the molecule is NNC(=O)CC1(c2cccc(Br)c2)CC(F)(F)C1. The molecule has 0 saturated heterocycles. The zero-order valence-electron chi connectivity index (χ0n) is 9.55. The highest BCUT2D eigenvalue weighted by molar-refractivity contribution is 9.10. The second-order valence-electron chi connectivity index (χ2n) is 4.74. The number of amides is 1. The van der Waals surface area contributed by atoms with E-state index in [2.05, 4.69) is 15.9 Å². The van der Waals surface area contributed by atoms with Crippen molar-refractivity contribution in [3.05, 3.63) is 34.3 Å². The molecule has 1 aromatic carbocycles. The van der Waals surface area contributed by atoms with Gasteiger partial charge in [0.25, 0.3) is 0 Å². The van der Waals surface area contributed by atoms with Crippen molar-refractivity contribution in [1.82, 2.24) is 5.43 Å². The Morgan fingerprint density at radius 2 is 2.11 bits per heavy atom. The topological polar surface area (TPSA) is 55.1 Å². The van der Waals surface area contributed by atoms with E-state index in [0.29, 0.717) is 0 Å². The van der Waals surface area contributed by atoms with E-state index < -0.39 is 17.2 Å². The van der Waals surface area contributed by atoms with Crippen LogP contribution in [0, 0.1) is 0 Å². The molecule has 0 unspecified atom stereocenters. The fourth-order valence-corrected chi connectivity index (χ4v) is 2.95. The number of carbonyl (C=O) groups excluding carboxylic acids is 1. The molecule has 2 rings (SSSR count). The molecular weight excluding hydrogens is 306 g/mol. The summed E-state index contributed by atoms with van der Waals surface area (Å²) in [4.78, 5) is 11.4. The summed E-state index contributed by atoms with van der Waals surface area (Å²) in [5.74, 6) is 1.91. The first-order valence-electron chi connectivity index (χ1n) is 5.50. The van der Waals surface area contributed by atoms with E-state index in [0.717, 1.165) is 10.0 Å². The fourth-order valence-electron chi connectivity index (χ4n) is 2.55. The molecule has 0 atom stereocenters. The Bertz CT molecular complexity index is 471. The Morgan fingerprint density at radius 1 is 1.44 bits per heavy atom. The van der Waals surface area contributed by atoms with E-state index in [1.165, 1.54) is 0 Å². The van der Waals surface area contributed by atoms with E-state index in [1.54, 1.807) is 18.2 Å². The summed E-state index contributed by atoms with van der Waals surface area (Å²) in [5, 5.41) is 0. The van der Waals surface area contributed by atoms with Crippen molar-refractivity contribution in [3.63, 3.8) is 0 Å². The molecule has 98 valence electrons. The number of carbonyl (C=O) groups is 1. The summed E-state index contributed by atoms with van der Waals surface area (Å²) in [6.07, 6.45) is -0.650. The van der Waals surface area contributed by atoms with Crippen LogP contribution < -0.4 is 11.3 Å². The second-order valence-corrected chi connectivity index (χ2v) is 5.66. The Balaban J connectivity index is 2.29. The molecule has 1 aliphatic carbocycles. The Hall–Kier alpha value is -1.01. The lowest BCUT2D eigenvalue weighted by atomic mass is 9.60. The zero-order valence-corrected chi connectivity index (χ0v) is 11.1. The van der Waals surface area contributed by atoms with Gasteiger partial charge in [0.2, 0.25) is 11.8 Å². The highest BCUT2D eigenvalue weighted by Gasteiger charge is 2.57. The monoisotopic (exact) mass is 318 g/mol. The summed E-state index contributed by atoms with van der Waals surface area (Å²) < 4.78 is 27.2. The first-order valence-corrected chi connectivity index (χ1v) is 6.30. The van der Waals surface area contributed by atoms with Crippen LogP contribution in [-0.2, 0) is 10.2 Å². The smallest absolute Gasteiger partial charge is 0.249 e. The molecule has 1 fully saturated rings. The number of benzene rings is 1. The summed E-state index contributed by atoms with van der Waals surface area (Å²) in [6.45, 7) is 0. The van der Waals surface area contributed by atoms with Crippen molar-refractivity contribution in [3.8, 4) is 0 Å². The molecule has 0 heterocycles. The molecule has 0 spiro atoms. The van der Waals surface area contributed by atoms with Gasteiger partial charge < -0.3 is 0 Å². The van der Waals surface area contributed by atoms with Crippen molar-refractivity contribution < 1.29 is 13.6 Å². The number of nitrogens with two attached hydrogens (primary N) is 1. The third kappa shape index (κ3) is 2.54. The van der Waals surface area contributed by atoms with Crippen molar-refractivity contribution in [2.24, 2.45) is 5.84 Å². The largest absolute Gasteiger partial charge is 0.294 e. The number of alkyl halides is 2. The molecule has 3 N–H and O–H groups in total. The number of hydrogen-bond donors (Lipinski definition) is 2. The fraction of sp³-hybridized carbons (Fsp3) is 0.417. The van der Waals surface area contributed by atoms with Gasteiger partial charge in [-0.05, 0) is 17.7 Å². The molecule has 3 nitrogen and oxygen atoms in total. The van der Waals surface area contributed by atoms with Gasteiger partial charge in [-0.15, -0.1) is 0 Å². The van der Waals surface area contributed by atoms with Gasteiger partial charge in [-0.2, -0.15) is 0 Å². The Kier molecular flexibility index (Phi) is 3.42. The van der Waals surface area contributed by atoms with Gasteiger partial charge in [0.15, 0.2) is 0 Å². The van der Waals surface area contributed by atoms with Gasteiger partial charge in [0.1, 0.15) is 0 Å². The Morgan fingerprint density at radius 3 is 2.61 bits per heavy atom. The summed E-state index contributed by atoms with van der Waals surface area (Å²) in [5.41, 5.74) is 1.94. The van der Waals surface area contributed by atoms with Gasteiger partial charge in [-0.3, -0.25) is 10.2 Å². The normalized spacial score (nSPS) is 20.0. The van der Waals surface area contributed by atoms with Crippen molar-refractivity contribution in [1.29, 1.82) is 0 Å². The maximum absolute atomic E-state index is 13.2. The van der Waals surface area contributed by atoms with Gasteiger partial charge in [0, 0.05) is 29.2 Å².